The third-order valence-corrected chi connectivity index (χ3v) is 21.0. The van der Waals surface area contributed by atoms with Crippen molar-refractivity contribution in [3.05, 3.63) is 182 Å². The number of halogens is 6. The van der Waals surface area contributed by atoms with Crippen LogP contribution < -0.4 is 26.1 Å². The summed E-state index contributed by atoms with van der Waals surface area (Å²) in [4.78, 5) is 13.0. The molecule has 330 valence electrons. The summed E-state index contributed by atoms with van der Waals surface area (Å²) in [5.41, 5.74) is 12.0. The molecule has 0 aliphatic carbocycles. The lowest BCUT2D eigenvalue weighted by atomic mass is 9.96. The van der Waals surface area contributed by atoms with Gasteiger partial charge < -0.3 is 5.32 Å². The minimum atomic E-state index is -6.40. The first-order valence-electron chi connectivity index (χ1n) is 21.4. The number of anilines is 1. The third kappa shape index (κ3) is 9.67. The van der Waals surface area contributed by atoms with Crippen LogP contribution in [0.3, 0.4) is 0 Å². The summed E-state index contributed by atoms with van der Waals surface area (Å²) in [5.74, 6) is -11.4. The van der Waals surface area contributed by atoms with Crippen molar-refractivity contribution in [1.29, 1.82) is 0 Å². The van der Waals surface area contributed by atoms with Crippen LogP contribution in [0.2, 0.25) is 13.1 Å². The lowest BCUT2D eigenvalue weighted by Crippen LogP contribution is -2.77. The topological polar surface area (TPSA) is 29.1 Å². The average molecular weight is 894 g/mol. The first-order chi connectivity index (χ1) is 29.4. The monoisotopic (exact) mass is 893 g/mol. The van der Waals surface area contributed by atoms with Crippen LogP contribution in [-0.2, 0) is 25.7 Å². The van der Waals surface area contributed by atoms with E-state index in [-0.39, 0.29) is 5.91 Å². The molecule has 6 rings (SSSR count). The van der Waals surface area contributed by atoms with Crippen molar-refractivity contribution in [2.75, 3.05) is 5.32 Å². The van der Waals surface area contributed by atoms with Crippen LogP contribution in [0.5, 0.6) is 0 Å². The van der Waals surface area contributed by atoms with E-state index in [1.165, 1.54) is 33.6 Å². The Kier molecular flexibility index (Phi) is 13.6. The van der Waals surface area contributed by atoms with Gasteiger partial charge >= 0.3 is 19.7 Å². The number of carbonyl (C=O) groups is 1. The first kappa shape index (κ1) is 47.3. The second-order valence-corrected chi connectivity index (χ2v) is 26.2. The summed E-state index contributed by atoms with van der Waals surface area (Å²) < 4.78 is 92.1. The fourth-order valence-corrected chi connectivity index (χ4v) is 14.7. The van der Waals surface area contributed by atoms with Gasteiger partial charge in [-0.3, -0.25) is 4.79 Å². The molecule has 0 aliphatic rings. The lowest BCUT2D eigenvalue weighted by molar-refractivity contribution is -0.107. The number of amides is 1. The van der Waals surface area contributed by atoms with E-state index in [1.807, 2.05) is 45.0 Å². The van der Waals surface area contributed by atoms with Crippen LogP contribution in [0, 0.1) is 55.4 Å². The number of benzene rings is 6. The number of alkyl halides is 6. The number of aryl methyl sites for hydroxylation is 12. The molecule has 10 heteroatoms. The Morgan fingerprint density at radius 1 is 0.429 bits per heavy atom. The van der Waals surface area contributed by atoms with Crippen LogP contribution in [-0.4, -0.2) is 33.7 Å². The average Bonchev–Trinajstić information content (AvgIpc) is 3.19. The van der Waals surface area contributed by atoms with E-state index >= 15 is 26.3 Å². The molecule has 0 spiro atoms. The summed E-state index contributed by atoms with van der Waals surface area (Å²) in [5, 5.41) is 4.13. The Labute approximate surface area is 370 Å². The molecule has 0 aliphatic heterocycles. The maximum atomic E-state index is 15.4. The van der Waals surface area contributed by atoms with Crippen LogP contribution in [0.15, 0.2) is 109 Å². The summed E-state index contributed by atoms with van der Waals surface area (Å²) in [6, 6.07) is 31.5. The highest BCUT2D eigenvalue weighted by Crippen LogP contribution is 2.41. The van der Waals surface area contributed by atoms with E-state index in [1.54, 1.807) is 26.0 Å². The molecule has 0 unspecified atom stereocenters. The highest BCUT2D eigenvalue weighted by Gasteiger charge is 2.76. The molecular weight excluding hydrogens is 837 g/mol. The maximum Gasteiger partial charge on any atom is 0.381 e. The molecule has 0 saturated carbocycles. The van der Waals surface area contributed by atoms with Crippen molar-refractivity contribution in [2.24, 2.45) is 0 Å². The third-order valence-electron chi connectivity index (χ3n) is 13.4. The van der Waals surface area contributed by atoms with Crippen molar-refractivity contribution in [3.63, 3.8) is 0 Å². The predicted molar refractivity (Wildman–Crippen MR) is 253 cm³/mol. The highest BCUT2D eigenvalue weighted by molar-refractivity contribution is 7.05. The van der Waals surface area contributed by atoms with Gasteiger partial charge in [0.1, 0.15) is 8.07 Å². The Morgan fingerprint density at radius 3 is 1.17 bits per heavy atom. The molecule has 6 aromatic rings. The van der Waals surface area contributed by atoms with E-state index in [4.69, 9.17) is 0 Å². The molecule has 0 radical (unpaired) electrons. The largest absolute Gasteiger partial charge is 0.381 e. The second kappa shape index (κ2) is 18.1. The van der Waals surface area contributed by atoms with E-state index in [2.05, 4.69) is 75.6 Å². The molecule has 1 amide bonds. The van der Waals surface area contributed by atoms with Crippen LogP contribution >= 0.6 is 0 Å². The quantitative estimate of drug-likeness (QED) is 0.0962. The predicted octanol–water partition coefficient (Wildman–Crippen LogP) is 11.6. The zero-order valence-electron chi connectivity index (χ0n) is 37.9. The van der Waals surface area contributed by atoms with Gasteiger partial charge in [0, 0.05) is 11.3 Å². The molecule has 1 N–H and O–H groups in total. The highest BCUT2D eigenvalue weighted by atomic mass is 28.3. The Hall–Kier alpha value is -5.20. The zero-order valence-corrected chi connectivity index (χ0v) is 39.9. The fraction of sp³-hybridized carbons (Fsp3) is 0.302. The van der Waals surface area contributed by atoms with Crippen molar-refractivity contribution in [1.82, 2.24) is 0 Å². The molecule has 0 aromatic heterocycles. The Balaban J connectivity index is 1.20. The van der Waals surface area contributed by atoms with Gasteiger partial charge in [0.15, 0.2) is 0 Å². The molecule has 0 atom stereocenters. The number of carbonyl (C=O) groups excluding carboxylic acids is 1. The van der Waals surface area contributed by atoms with Gasteiger partial charge in [-0.2, -0.15) is 26.3 Å². The molecule has 0 saturated heterocycles. The molecule has 63 heavy (non-hydrogen) atoms. The fourth-order valence-electron chi connectivity index (χ4n) is 8.74. The Bertz CT molecular complexity index is 2660. The van der Waals surface area contributed by atoms with Crippen molar-refractivity contribution < 1.29 is 31.1 Å². The standard InChI is InChI=1S/C53H57F6NOSi2/c1-33-11-22-46(28-35(33)3)60-51(61)45-18-17-41(37(5)27-45)13-14-43-20-25-49(31-39(43)7)63(52(54,55)56,53(57,58)59)50-26-21-44(40(8)32-50)16-15-42-19-24-48(30-38(42)6)62(9,10)47-23-12-34(2)36(4)29-47/h11-12,17-32H,13-16H2,1-10H3,(H,60,61). The summed E-state index contributed by atoms with van der Waals surface area (Å²) in [6.45, 7) is 20.0. The van der Waals surface area contributed by atoms with E-state index < -0.39 is 38.1 Å². The van der Waals surface area contributed by atoms with Gasteiger partial charge in [0.2, 0.25) is 0 Å². The van der Waals surface area contributed by atoms with Crippen molar-refractivity contribution >= 4 is 48.5 Å². The van der Waals surface area contributed by atoms with Gasteiger partial charge in [0.05, 0.1) is 0 Å². The number of hydrogen-bond acceptors (Lipinski definition) is 1. The minimum absolute atomic E-state index is 0.253. The smallest absolute Gasteiger partial charge is 0.322 e. The van der Waals surface area contributed by atoms with E-state index in [0.717, 1.165) is 63.2 Å². The van der Waals surface area contributed by atoms with Gasteiger partial charge in [-0.1, -0.05) is 108 Å². The summed E-state index contributed by atoms with van der Waals surface area (Å²) in [7, 11) is -8.37. The van der Waals surface area contributed by atoms with Gasteiger partial charge in [-0.25, -0.2) is 0 Å². The van der Waals surface area contributed by atoms with Gasteiger partial charge in [0.25, 0.3) is 5.91 Å². The van der Waals surface area contributed by atoms with E-state index in [9.17, 15) is 4.79 Å². The van der Waals surface area contributed by atoms with Crippen LogP contribution in [0.1, 0.15) is 77.1 Å². The number of hydrogen-bond donors (Lipinski definition) is 1. The second-order valence-electron chi connectivity index (χ2n) is 18.0. The summed E-state index contributed by atoms with van der Waals surface area (Å²) >= 11 is 0. The first-order valence-corrected chi connectivity index (χ1v) is 26.4. The van der Waals surface area contributed by atoms with E-state index in [0.29, 0.717) is 53.6 Å². The molecule has 0 bridgehead atoms. The zero-order chi connectivity index (χ0) is 46.2. The molecule has 2 nitrogen and oxygen atoms in total. The summed E-state index contributed by atoms with van der Waals surface area (Å²) in [6.07, 6.45) is 1.97. The van der Waals surface area contributed by atoms with Crippen molar-refractivity contribution in [2.45, 2.75) is 106 Å². The molecular formula is C53H57F6NOSi2. The maximum absolute atomic E-state index is 15.4. The SMILES string of the molecule is Cc1ccc(NC(=O)c2ccc(CCc3ccc([Si](c4ccc(CCc5ccc([Si](C)(C)c6ccc(C)c(C)c6)cc5C)c(C)c4)(C(F)(F)F)C(F)(F)F)cc3C)c(C)c2)cc1C. The van der Waals surface area contributed by atoms with Crippen molar-refractivity contribution in [3.8, 4) is 0 Å². The minimum Gasteiger partial charge on any atom is -0.322 e. The normalized spacial score (nSPS) is 12.4. The Morgan fingerprint density at radius 2 is 0.778 bits per heavy atom. The molecule has 0 fully saturated rings. The lowest BCUT2D eigenvalue weighted by Gasteiger charge is -2.36. The van der Waals surface area contributed by atoms with Crippen LogP contribution in [0.25, 0.3) is 0 Å². The molecule has 0 heterocycles. The van der Waals surface area contributed by atoms with Gasteiger partial charge in [-0.05, 0) is 182 Å². The van der Waals surface area contributed by atoms with Gasteiger partial charge in [-0.15, -0.1) is 0 Å². The number of rotatable bonds is 12. The van der Waals surface area contributed by atoms with Crippen LogP contribution in [0.4, 0.5) is 32.0 Å². The molecule has 6 aromatic carbocycles. The number of nitrogens with one attached hydrogen (secondary N) is 1.